The molecule has 15 heavy (non-hydrogen) atoms. The van der Waals surface area contributed by atoms with Crippen LogP contribution >= 0.6 is 11.9 Å². The van der Waals surface area contributed by atoms with E-state index in [4.69, 9.17) is 4.74 Å². The van der Waals surface area contributed by atoms with Crippen LogP contribution in [0.5, 0.6) is 0 Å². The molecule has 84 valence electrons. The molecule has 1 aromatic heterocycles. The van der Waals surface area contributed by atoms with Gasteiger partial charge in [0, 0.05) is 19.0 Å². The van der Waals surface area contributed by atoms with Crippen molar-refractivity contribution in [3.63, 3.8) is 0 Å². The molecule has 2 amide bonds. The standard InChI is InChI=1S/C8H14N4O2S/c1-9-8(13)12-15-5-4-14-6-7-2-3-10-11-7/h2-3H,4-6H2,1H3,(H,10,11)(H2,9,12,13). The van der Waals surface area contributed by atoms with E-state index >= 15 is 0 Å². The van der Waals surface area contributed by atoms with Gasteiger partial charge >= 0.3 is 6.03 Å². The highest BCUT2D eigenvalue weighted by Gasteiger charge is 1.97. The minimum atomic E-state index is -0.202. The van der Waals surface area contributed by atoms with Gasteiger partial charge in [-0.05, 0) is 18.0 Å². The maximum Gasteiger partial charge on any atom is 0.324 e. The predicted molar refractivity (Wildman–Crippen MR) is 58.3 cm³/mol. The summed E-state index contributed by atoms with van der Waals surface area (Å²) in [6, 6.07) is 1.66. The van der Waals surface area contributed by atoms with Gasteiger partial charge in [-0.3, -0.25) is 9.82 Å². The molecule has 0 aliphatic heterocycles. The van der Waals surface area contributed by atoms with Crippen molar-refractivity contribution in [2.75, 3.05) is 19.4 Å². The van der Waals surface area contributed by atoms with Gasteiger partial charge in [0.2, 0.25) is 0 Å². The fourth-order valence-electron chi connectivity index (χ4n) is 0.816. The third kappa shape index (κ3) is 5.28. The molecule has 0 spiro atoms. The molecule has 0 unspecified atom stereocenters. The van der Waals surface area contributed by atoms with E-state index < -0.39 is 0 Å². The molecule has 0 bridgehead atoms. The summed E-state index contributed by atoms with van der Waals surface area (Å²) >= 11 is 1.31. The van der Waals surface area contributed by atoms with E-state index in [1.54, 1.807) is 13.2 Å². The van der Waals surface area contributed by atoms with Crippen LogP contribution in [0, 0.1) is 0 Å². The molecule has 0 saturated carbocycles. The summed E-state index contributed by atoms with van der Waals surface area (Å²) in [5, 5.41) is 9.10. The van der Waals surface area contributed by atoms with E-state index in [2.05, 4.69) is 20.2 Å². The maximum absolute atomic E-state index is 10.7. The summed E-state index contributed by atoms with van der Waals surface area (Å²) in [6.45, 7) is 1.06. The Hall–Kier alpha value is -1.21. The number of nitrogens with zero attached hydrogens (tertiary/aromatic N) is 1. The minimum Gasteiger partial charge on any atom is -0.374 e. The summed E-state index contributed by atoms with van der Waals surface area (Å²) in [7, 11) is 1.57. The van der Waals surface area contributed by atoms with Crippen LogP contribution in [-0.2, 0) is 11.3 Å². The van der Waals surface area contributed by atoms with Crippen molar-refractivity contribution in [1.29, 1.82) is 0 Å². The number of carbonyl (C=O) groups excluding carboxylic acids is 1. The van der Waals surface area contributed by atoms with E-state index in [0.717, 1.165) is 5.69 Å². The Labute approximate surface area is 92.3 Å². The van der Waals surface area contributed by atoms with Gasteiger partial charge < -0.3 is 10.1 Å². The molecule has 1 heterocycles. The monoisotopic (exact) mass is 230 g/mol. The van der Waals surface area contributed by atoms with Gasteiger partial charge in [-0.25, -0.2) is 4.79 Å². The third-order valence-electron chi connectivity index (χ3n) is 1.53. The van der Waals surface area contributed by atoms with Gasteiger partial charge in [-0.2, -0.15) is 5.10 Å². The number of carbonyl (C=O) groups is 1. The molecule has 1 rings (SSSR count). The molecule has 1 aromatic rings. The fraction of sp³-hybridized carbons (Fsp3) is 0.500. The molecule has 0 fully saturated rings. The number of rotatable bonds is 6. The zero-order valence-corrected chi connectivity index (χ0v) is 9.26. The Morgan fingerprint density at radius 3 is 3.27 bits per heavy atom. The van der Waals surface area contributed by atoms with E-state index in [0.29, 0.717) is 19.0 Å². The number of urea groups is 1. The van der Waals surface area contributed by atoms with Crippen molar-refractivity contribution in [2.24, 2.45) is 0 Å². The molecule has 0 aromatic carbocycles. The average Bonchev–Trinajstić information content (AvgIpc) is 2.75. The van der Waals surface area contributed by atoms with Crippen molar-refractivity contribution in [3.05, 3.63) is 18.0 Å². The van der Waals surface area contributed by atoms with E-state index in [-0.39, 0.29) is 6.03 Å². The summed E-state index contributed by atoms with van der Waals surface area (Å²) in [5.41, 5.74) is 0.874. The number of hydrogen-bond donors (Lipinski definition) is 3. The first-order valence-corrected chi connectivity index (χ1v) is 5.47. The van der Waals surface area contributed by atoms with Crippen LogP contribution in [0.3, 0.4) is 0 Å². The SMILES string of the molecule is CNC(=O)NSCCOCc1cc[nH]n1. The number of aromatic amines is 1. The minimum absolute atomic E-state index is 0.202. The Balaban J connectivity index is 1.91. The summed E-state index contributed by atoms with van der Waals surface area (Å²) in [5.74, 6) is 0.706. The van der Waals surface area contributed by atoms with Crippen LogP contribution in [0.25, 0.3) is 0 Å². The normalized spacial score (nSPS) is 9.93. The molecule has 0 aliphatic carbocycles. The molecule has 6 nitrogen and oxygen atoms in total. The first-order valence-electron chi connectivity index (χ1n) is 4.49. The van der Waals surface area contributed by atoms with Crippen LogP contribution in [0.1, 0.15) is 5.69 Å². The molecule has 3 N–H and O–H groups in total. The highest BCUT2D eigenvalue weighted by atomic mass is 32.2. The smallest absolute Gasteiger partial charge is 0.324 e. The zero-order chi connectivity index (χ0) is 10.9. The lowest BCUT2D eigenvalue weighted by molar-refractivity contribution is 0.133. The van der Waals surface area contributed by atoms with Crippen molar-refractivity contribution in [2.45, 2.75) is 6.61 Å². The Bertz CT molecular complexity index is 278. The van der Waals surface area contributed by atoms with Crippen LogP contribution < -0.4 is 10.0 Å². The van der Waals surface area contributed by atoms with Crippen LogP contribution in [0.15, 0.2) is 12.3 Å². The lowest BCUT2D eigenvalue weighted by Crippen LogP contribution is -2.28. The van der Waals surface area contributed by atoms with Crippen LogP contribution in [0.2, 0.25) is 0 Å². The quantitative estimate of drug-likeness (QED) is 0.491. The molecule has 0 radical (unpaired) electrons. The summed E-state index contributed by atoms with van der Waals surface area (Å²) in [4.78, 5) is 10.7. The second-order valence-electron chi connectivity index (χ2n) is 2.65. The molecule has 0 saturated heterocycles. The Morgan fingerprint density at radius 1 is 1.73 bits per heavy atom. The first-order chi connectivity index (χ1) is 7.33. The lowest BCUT2D eigenvalue weighted by atomic mass is 10.5. The number of amides is 2. The highest BCUT2D eigenvalue weighted by Crippen LogP contribution is 1.97. The van der Waals surface area contributed by atoms with Crippen LogP contribution in [0.4, 0.5) is 4.79 Å². The van der Waals surface area contributed by atoms with Crippen molar-refractivity contribution >= 4 is 18.0 Å². The van der Waals surface area contributed by atoms with Gasteiger partial charge in [0.05, 0.1) is 18.9 Å². The van der Waals surface area contributed by atoms with Gasteiger partial charge in [0.15, 0.2) is 0 Å². The van der Waals surface area contributed by atoms with Crippen molar-refractivity contribution in [1.82, 2.24) is 20.2 Å². The van der Waals surface area contributed by atoms with Crippen LogP contribution in [-0.4, -0.2) is 35.6 Å². The van der Waals surface area contributed by atoms with E-state index in [1.165, 1.54) is 11.9 Å². The number of nitrogens with one attached hydrogen (secondary N) is 3. The van der Waals surface area contributed by atoms with Crippen molar-refractivity contribution < 1.29 is 9.53 Å². The van der Waals surface area contributed by atoms with E-state index in [9.17, 15) is 4.79 Å². The van der Waals surface area contributed by atoms with Gasteiger partial charge in [0.25, 0.3) is 0 Å². The molecule has 0 aliphatic rings. The summed E-state index contributed by atoms with van der Waals surface area (Å²) < 4.78 is 7.91. The number of hydrogen-bond acceptors (Lipinski definition) is 4. The molecule has 0 atom stereocenters. The Kier molecular flexibility index (Phi) is 5.64. The topological polar surface area (TPSA) is 79.0 Å². The number of ether oxygens (including phenoxy) is 1. The molecular weight excluding hydrogens is 216 g/mol. The first kappa shape index (κ1) is 11.9. The second-order valence-corrected chi connectivity index (χ2v) is 3.55. The van der Waals surface area contributed by atoms with E-state index in [1.807, 2.05) is 6.07 Å². The lowest BCUT2D eigenvalue weighted by Gasteiger charge is -2.03. The average molecular weight is 230 g/mol. The highest BCUT2D eigenvalue weighted by molar-refractivity contribution is 7.97. The second kappa shape index (κ2) is 7.13. The summed E-state index contributed by atoms with van der Waals surface area (Å²) in [6.07, 6.45) is 1.75. The van der Waals surface area contributed by atoms with Gasteiger partial charge in [-0.1, -0.05) is 0 Å². The maximum atomic E-state index is 10.7. The largest absolute Gasteiger partial charge is 0.374 e. The molecule has 7 heteroatoms. The Morgan fingerprint density at radius 2 is 2.60 bits per heavy atom. The third-order valence-corrected chi connectivity index (χ3v) is 2.23. The molecular formula is C8H14N4O2S. The fourth-order valence-corrected chi connectivity index (χ4v) is 1.35. The number of H-pyrrole nitrogens is 1. The predicted octanol–water partition coefficient (Wildman–Crippen LogP) is 0.503. The van der Waals surface area contributed by atoms with Crippen molar-refractivity contribution in [3.8, 4) is 0 Å². The van der Waals surface area contributed by atoms with Gasteiger partial charge in [0.1, 0.15) is 0 Å². The zero-order valence-electron chi connectivity index (χ0n) is 8.45. The van der Waals surface area contributed by atoms with Gasteiger partial charge in [-0.15, -0.1) is 0 Å². The number of aromatic nitrogens is 2.